The number of hydrogen-bond donors (Lipinski definition) is 0. The fourth-order valence-electron chi connectivity index (χ4n) is 0.459. The van der Waals surface area contributed by atoms with Crippen LogP contribution >= 0.6 is 0 Å². The standard InChI is InChI=1S/C5H10N2O2.Tl/c1-6-5(9)7(2)3-4-8;/h4H,3H2,1-2H3,(H,6,9);/q;+1/p-1. The van der Waals surface area contributed by atoms with Gasteiger partial charge in [-0.05, 0) is 0 Å². The molecule has 0 heterocycles. The molecular weight excluding hydrogens is 324 g/mol. The van der Waals surface area contributed by atoms with Crippen LogP contribution in [0.3, 0.4) is 0 Å². The molecule has 54 valence electrons. The first-order valence-corrected chi connectivity index (χ1v) is 4.77. The molecule has 0 aliphatic carbocycles. The Hall–Kier alpha value is -0.138. The Kier molecular flexibility index (Phi) is 4.58. The Morgan fingerprint density at radius 2 is 2.10 bits per heavy atom. The molecule has 2 amide bonds. The van der Waals surface area contributed by atoms with E-state index in [1.54, 1.807) is 16.8 Å². The maximum absolute atomic E-state index is 11.0. The Morgan fingerprint density at radius 3 is 2.40 bits per heavy atom. The van der Waals surface area contributed by atoms with Gasteiger partial charge in [0.25, 0.3) is 0 Å². The molecule has 5 heteroatoms. The van der Waals surface area contributed by atoms with E-state index < -0.39 is 0 Å². The van der Waals surface area contributed by atoms with Crippen molar-refractivity contribution in [2.75, 3.05) is 20.6 Å². The van der Waals surface area contributed by atoms with Crippen LogP contribution in [0.1, 0.15) is 0 Å². The van der Waals surface area contributed by atoms with Gasteiger partial charge in [0, 0.05) is 0 Å². The molecule has 0 aliphatic heterocycles. The number of amides is 2. The van der Waals surface area contributed by atoms with Crippen molar-refractivity contribution in [3.63, 3.8) is 0 Å². The van der Waals surface area contributed by atoms with E-state index in [1.165, 1.54) is 4.90 Å². The van der Waals surface area contributed by atoms with Gasteiger partial charge in [0.1, 0.15) is 0 Å². The molecule has 0 saturated heterocycles. The van der Waals surface area contributed by atoms with E-state index in [9.17, 15) is 9.59 Å². The van der Waals surface area contributed by atoms with Crippen LogP contribution in [-0.2, 0) is 4.79 Å². The normalized spacial score (nSPS) is 8.50. The summed E-state index contributed by atoms with van der Waals surface area (Å²) in [6, 6.07) is -0.0860. The van der Waals surface area contributed by atoms with Crippen molar-refractivity contribution in [2.45, 2.75) is 0 Å². The minimum atomic E-state index is -0.0860. The van der Waals surface area contributed by atoms with Gasteiger partial charge in [0.2, 0.25) is 0 Å². The van der Waals surface area contributed by atoms with Crippen LogP contribution in [0.4, 0.5) is 4.79 Å². The number of aldehydes is 1. The van der Waals surface area contributed by atoms with E-state index in [4.69, 9.17) is 0 Å². The van der Waals surface area contributed by atoms with E-state index in [2.05, 4.69) is 0 Å². The zero-order valence-corrected chi connectivity index (χ0v) is 10.6. The van der Waals surface area contributed by atoms with Crippen LogP contribution in [0.2, 0.25) is 0 Å². The van der Waals surface area contributed by atoms with Gasteiger partial charge in [0.05, 0.1) is 0 Å². The molecule has 10 heavy (non-hydrogen) atoms. The van der Waals surface area contributed by atoms with Crippen molar-refractivity contribution in [1.29, 1.82) is 0 Å². The van der Waals surface area contributed by atoms with Crippen LogP contribution in [-0.4, -0.2) is 66.6 Å². The van der Waals surface area contributed by atoms with Gasteiger partial charge < -0.3 is 0 Å². The average molecular weight is 334 g/mol. The van der Waals surface area contributed by atoms with Crippen LogP contribution < -0.4 is 0 Å². The summed E-state index contributed by atoms with van der Waals surface area (Å²) >= 11 is 0.492. The zero-order valence-electron chi connectivity index (χ0n) is 6.07. The molecular formula is C5H9N2O2Tl. The Labute approximate surface area is 76.3 Å². The van der Waals surface area contributed by atoms with Crippen molar-refractivity contribution >= 4 is 38.4 Å². The predicted molar refractivity (Wildman–Crippen MR) is 37.6 cm³/mol. The third kappa shape index (κ3) is 3.14. The summed E-state index contributed by atoms with van der Waals surface area (Å²) in [5, 5.41) is 0. The Balaban J connectivity index is 3.81. The summed E-state index contributed by atoms with van der Waals surface area (Å²) in [4.78, 5) is 22.3. The molecule has 0 atom stereocenters. The van der Waals surface area contributed by atoms with Gasteiger partial charge in [-0.15, -0.1) is 0 Å². The molecule has 0 aromatic carbocycles. The zero-order chi connectivity index (χ0) is 8.15. The molecule has 0 rings (SSSR count). The fourth-order valence-corrected chi connectivity index (χ4v) is 1.23. The number of carbonyl (C=O) groups is 2. The van der Waals surface area contributed by atoms with E-state index in [1.807, 2.05) is 0 Å². The second-order valence-electron chi connectivity index (χ2n) is 1.94. The molecule has 0 aliphatic rings. The average Bonchev–Trinajstić information content (AvgIpc) is 1.87. The van der Waals surface area contributed by atoms with Gasteiger partial charge >= 0.3 is 76.2 Å². The third-order valence-electron chi connectivity index (χ3n) is 0.977. The maximum atomic E-state index is 11.0. The molecule has 0 N–H and O–H groups in total. The number of urea groups is 1. The number of carbonyl (C=O) groups excluding carboxylic acids is 2. The summed E-state index contributed by atoms with van der Waals surface area (Å²) in [7, 11) is 3.32. The van der Waals surface area contributed by atoms with Crippen molar-refractivity contribution < 1.29 is 9.59 Å². The summed E-state index contributed by atoms with van der Waals surface area (Å²) in [5.41, 5.74) is 0. The summed E-state index contributed by atoms with van der Waals surface area (Å²) in [5.74, 6) is 0. The number of rotatable bonds is 2. The molecule has 0 unspecified atom stereocenters. The Bertz CT molecular complexity index is 138. The minimum absolute atomic E-state index is 0.0860. The molecule has 0 radical (unpaired) electrons. The van der Waals surface area contributed by atoms with Gasteiger partial charge in [-0.3, -0.25) is 0 Å². The SMILES string of the molecule is C[N]([Tl])C(=O)N(C)CC=O. The second-order valence-corrected chi connectivity index (χ2v) is 4.95. The van der Waals surface area contributed by atoms with Gasteiger partial charge in [-0.2, -0.15) is 0 Å². The van der Waals surface area contributed by atoms with Crippen LogP contribution in [0, 0.1) is 0 Å². The summed E-state index contributed by atoms with van der Waals surface area (Å²) in [6.45, 7) is 0.176. The number of hydrogen-bond acceptors (Lipinski definition) is 2. The van der Waals surface area contributed by atoms with E-state index in [0.29, 0.717) is 32.4 Å². The fraction of sp³-hybridized carbons (Fsp3) is 0.600. The van der Waals surface area contributed by atoms with Crippen molar-refractivity contribution in [1.82, 2.24) is 7.61 Å². The predicted octanol–water partition coefficient (Wildman–Crippen LogP) is -0.748. The molecule has 0 spiro atoms. The quantitative estimate of drug-likeness (QED) is 0.493. The summed E-state index contributed by atoms with van der Waals surface area (Å²) < 4.78 is 1.59. The first-order valence-electron chi connectivity index (χ1n) is 2.76. The molecule has 0 bridgehead atoms. The van der Waals surface area contributed by atoms with Crippen molar-refractivity contribution in [2.24, 2.45) is 0 Å². The molecule has 4 nitrogen and oxygen atoms in total. The molecule has 0 fully saturated rings. The van der Waals surface area contributed by atoms with Crippen LogP contribution in [0.15, 0.2) is 0 Å². The number of nitrogens with zero attached hydrogens (tertiary/aromatic N) is 2. The van der Waals surface area contributed by atoms with Crippen LogP contribution in [0.25, 0.3) is 0 Å². The first-order chi connectivity index (χ1) is 4.59. The van der Waals surface area contributed by atoms with Gasteiger partial charge in [-0.25, -0.2) is 0 Å². The second kappa shape index (κ2) is 4.64. The first kappa shape index (κ1) is 9.86. The van der Waals surface area contributed by atoms with Crippen molar-refractivity contribution in [3.8, 4) is 0 Å². The van der Waals surface area contributed by atoms with E-state index in [0.717, 1.165) is 0 Å². The van der Waals surface area contributed by atoms with E-state index in [-0.39, 0.29) is 12.6 Å². The number of likely N-dealkylation sites (N-methyl/N-ethyl adjacent to an activating group) is 1. The Morgan fingerprint density at radius 1 is 1.60 bits per heavy atom. The topological polar surface area (TPSA) is 40.6 Å². The monoisotopic (exact) mass is 334 g/mol. The third-order valence-corrected chi connectivity index (χ3v) is 1.84. The van der Waals surface area contributed by atoms with E-state index >= 15 is 0 Å². The summed E-state index contributed by atoms with van der Waals surface area (Å²) in [6.07, 6.45) is 0.714. The molecule has 0 saturated carbocycles. The molecule has 0 aromatic heterocycles. The van der Waals surface area contributed by atoms with Gasteiger partial charge in [0.15, 0.2) is 0 Å². The van der Waals surface area contributed by atoms with Crippen molar-refractivity contribution in [3.05, 3.63) is 0 Å². The molecule has 0 aromatic rings. The van der Waals surface area contributed by atoms with Gasteiger partial charge in [-0.1, -0.05) is 0 Å². The van der Waals surface area contributed by atoms with Crippen LogP contribution in [0.5, 0.6) is 0 Å².